The molecule has 1 aromatic heterocycles. The van der Waals surface area contributed by atoms with Gasteiger partial charge in [0.15, 0.2) is 5.82 Å². The first kappa shape index (κ1) is 9.66. The zero-order chi connectivity index (χ0) is 11.1. The number of nitrogens with zero attached hydrogens (tertiary/aromatic N) is 2. The largest absolute Gasteiger partial charge is 0.399 e. The van der Waals surface area contributed by atoms with Crippen molar-refractivity contribution in [2.45, 2.75) is 18.8 Å². The maximum atomic E-state index is 6.06. The number of benzene rings is 1. The standard InChI is InChI=1S/C11H10ClN3O/c12-9-5-7(13)3-4-8(9)11-14-10(15-16-11)6-1-2-6/h3-6H,1-2,13H2. The summed E-state index contributed by atoms with van der Waals surface area (Å²) in [7, 11) is 0. The maximum Gasteiger partial charge on any atom is 0.259 e. The van der Waals surface area contributed by atoms with Crippen LogP contribution in [0.15, 0.2) is 22.7 Å². The molecule has 1 saturated carbocycles. The number of anilines is 1. The van der Waals surface area contributed by atoms with Crippen LogP contribution in [-0.4, -0.2) is 10.1 Å². The van der Waals surface area contributed by atoms with Crippen molar-refractivity contribution in [3.8, 4) is 11.5 Å². The molecule has 2 N–H and O–H groups in total. The number of rotatable bonds is 2. The topological polar surface area (TPSA) is 64.9 Å². The molecule has 0 radical (unpaired) electrons. The maximum absolute atomic E-state index is 6.06. The van der Waals surface area contributed by atoms with E-state index in [1.165, 1.54) is 0 Å². The van der Waals surface area contributed by atoms with Gasteiger partial charge in [0.1, 0.15) is 0 Å². The Morgan fingerprint density at radius 1 is 1.38 bits per heavy atom. The van der Waals surface area contributed by atoms with E-state index in [1.807, 2.05) is 0 Å². The number of halogens is 1. The molecule has 1 heterocycles. The number of nitrogen functional groups attached to an aromatic ring is 1. The lowest BCUT2D eigenvalue weighted by atomic mass is 10.2. The summed E-state index contributed by atoms with van der Waals surface area (Å²) in [5, 5.41) is 4.48. The minimum absolute atomic E-state index is 0.465. The molecule has 0 spiro atoms. The molecular formula is C11H10ClN3O. The normalized spacial score (nSPS) is 15.3. The van der Waals surface area contributed by atoms with Crippen molar-refractivity contribution < 1.29 is 4.52 Å². The van der Waals surface area contributed by atoms with Gasteiger partial charge in [0, 0.05) is 11.6 Å². The first-order valence-electron chi connectivity index (χ1n) is 5.13. The highest BCUT2D eigenvalue weighted by Crippen LogP contribution is 2.39. The van der Waals surface area contributed by atoms with Crippen LogP contribution >= 0.6 is 11.6 Å². The lowest BCUT2D eigenvalue weighted by Crippen LogP contribution is -1.86. The predicted molar refractivity (Wildman–Crippen MR) is 61.1 cm³/mol. The molecule has 0 bridgehead atoms. The molecule has 3 rings (SSSR count). The van der Waals surface area contributed by atoms with Crippen LogP contribution in [0, 0.1) is 0 Å². The monoisotopic (exact) mass is 235 g/mol. The Labute approximate surface area is 97.4 Å². The van der Waals surface area contributed by atoms with E-state index in [0.717, 1.165) is 24.2 Å². The fourth-order valence-corrected chi connectivity index (χ4v) is 1.83. The highest BCUT2D eigenvalue weighted by atomic mass is 35.5. The molecule has 1 aromatic carbocycles. The third kappa shape index (κ3) is 1.65. The Hall–Kier alpha value is -1.55. The second-order valence-electron chi connectivity index (χ2n) is 3.97. The van der Waals surface area contributed by atoms with Crippen molar-refractivity contribution in [2.24, 2.45) is 0 Å². The third-order valence-corrected chi connectivity index (χ3v) is 2.92. The molecule has 82 valence electrons. The summed E-state index contributed by atoms with van der Waals surface area (Å²) in [6.07, 6.45) is 2.29. The van der Waals surface area contributed by atoms with Gasteiger partial charge in [-0.05, 0) is 31.0 Å². The highest BCUT2D eigenvalue weighted by Gasteiger charge is 2.29. The Morgan fingerprint density at radius 2 is 2.19 bits per heavy atom. The quantitative estimate of drug-likeness (QED) is 0.813. The van der Waals surface area contributed by atoms with Crippen molar-refractivity contribution in [3.63, 3.8) is 0 Å². The van der Waals surface area contributed by atoms with E-state index in [-0.39, 0.29) is 0 Å². The average molecular weight is 236 g/mol. The lowest BCUT2D eigenvalue weighted by Gasteiger charge is -1.99. The molecule has 0 aliphatic heterocycles. The van der Waals surface area contributed by atoms with E-state index in [0.29, 0.717) is 22.5 Å². The molecule has 1 fully saturated rings. The van der Waals surface area contributed by atoms with Crippen LogP contribution in [0.2, 0.25) is 5.02 Å². The van der Waals surface area contributed by atoms with Gasteiger partial charge in [0.25, 0.3) is 5.89 Å². The van der Waals surface area contributed by atoms with Crippen LogP contribution in [0.5, 0.6) is 0 Å². The van der Waals surface area contributed by atoms with Crippen molar-refractivity contribution >= 4 is 17.3 Å². The number of nitrogens with two attached hydrogens (primary N) is 1. The molecule has 0 saturated heterocycles. The van der Waals surface area contributed by atoms with Crippen LogP contribution in [-0.2, 0) is 0 Å². The summed E-state index contributed by atoms with van der Waals surface area (Å²) in [5.41, 5.74) is 6.97. The van der Waals surface area contributed by atoms with Gasteiger partial charge in [-0.15, -0.1) is 0 Å². The van der Waals surface area contributed by atoms with Gasteiger partial charge in [0.05, 0.1) is 10.6 Å². The molecule has 16 heavy (non-hydrogen) atoms. The minimum Gasteiger partial charge on any atom is -0.399 e. The SMILES string of the molecule is Nc1ccc(-c2nc(C3CC3)no2)c(Cl)c1. The highest BCUT2D eigenvalue weighted by molar-refractivity contribution is 6.33. The van der Waals surface area contributed by atoms with Gasteiger partial charge in [-0.1, -0.05) is 16.8 Å². The number of aromatic nitrogens is 2. The molecule has 2 aromatic rings. The zero-order valence-corrected chi connectivity index (χ0v) is 9.24. The van der Waals surface area contributed by atoms with Crippen LogP contribution in [0.1, 0.15) is 24.6 Å². The Morgan fingerprint density at radius 3 is 2.88 bits per heavy atom. The van der Waals surface area contributed by atoms with Crippen molar-refractivity contribution in [2.75, 3.05) is 5.73 Å². The second kappa shape index (κ2) is 3.49. The Balaban J connectivity index is 2.00. The summed E-state index contributed by atoms with van der Waals surface area (Å²) >= 11 is 6.06. The van der Waals surface area contributed by atoms with Gasteiger partial charge in [0.2, 0.25) is 0 Å². The van der Waals surface area contributed by atoms with Crippen molar-refractivity contribution in [1.82, 2.24) is 10.1 Å². The molecule has 5 heteroatoms. The van der Waals surface area contributed by atoms with E-state index in [2.05, 4.69) is 10.1 Å². The molecule has 1 aliphatic rings. The molecular weight excluding hydrogens is 226 g/mol. The van der Waals surface area contributed by atoms with Gasteiger partial charge < -0.3 is 10.3 Å². The Kier molecular flexibility index (Phi) is 2.11. The van der Waals surface area contributed by atoms with E-state index in [4.69, 9.17) is 21.9 Å². The first-order chi connectivity index (χ1) is 7.74. The predicted octanol–water partition coefficient (Wildman–Crippen LogP) is 2.85. The van der Waals surface area contributed by atoms with Crippen molar-refractivity contribution in [1.29, 1.82) is 0 Å². The molecule has 1 aliphatic carbocycles. The van der Waals surface area contributed by atoms with Gasteiger partial charge in [-0.2, -0.15) is 4.98 Å². The molecule has 0 amide bonds. The second-order valence-corrected chi connectivity index (χ2v) is 4.38. The van der Waals surface area contributed by atoms with Gasteiger partial charge in [-0.25, -0.2) is 0 Å². The fraction of sp³-hybridized carbons (Fsp3) is 0.273. The summed E-state index contributed by atoms with van der Waals surface area (Å²) in [6, 6.07) is 5.24. The van der Waals surface area contributed by atoms with E-state index < -0.39 is 0 Å². The third-order valence-electron chi connectivity index (χ3n) is 2.61. The van der Waals surface area contributed by atoms with Gasteiger partial charge >= 0.3 is 0 Å². The Bertz CT molecular complexity index is 534. The van der Waals surface area contributed by atoms with E-state index in [1.54, 1.807) is 18.2 Å². The van der Waals surface area contributed by atoms with Crippen molar-refractivity contribution in [3.05, 3.63) is 29.0 Å². The summed E-state index contributed by atoms with van der Waals surface area (Å²) in [5.74, 6) is 1.72. The summed E-state index contributed by atoms with van der Waals surface area (Å²) in [6.45, 7) is 0. The average Bonchev–Trinajstić information content (AvgIpc) is 2.98. The van der Waals surface area contributed by atoms with Gasteiger partial charge in [-0.3, -0.25) is 0 Å². The summed E-state index contributed by atoms with van der Waals surface area (Å²) in [4.78, 5) is 4.33. The van der Waals surface area contributed by atoms with E-state index in [9.17, 15) is 0 Å². The lowest BCUT2D eigenvalue weighted by molar-refractivity contribution is 0.423. The van der Waals surface area contributed by atoms with Crippen LogP contribution in [0.3, 0.4) is 0 Å². The van der Waals surface area contributed by atoms with Crippen LogP contribution in [0.4, 0.5) is 5.69 Å². The van der Waals surface area contributed by atoms with E-state index >= 15 is 0 Å². The fourth-order valence-electron chi connectivity index (χ4n) is 1.56. The first-order valence-corrected chi connectivity index (χ1v) is 5.51. The smallest absolute Gasteiger partial charge is 0.259 e. The molecule has 0 unspecified atom stereocenters. The number of hydrogen-bond acceptors (Lipinski definition) is 4. The number of hydrogen-bond donors (Lipinski definition) is 1. The summed E-state index contributed by atoms with van der Waals surface area (Å²) < 4.78 is 5.19. The minimum atomic E-state index is 0.465. The molecule has 0 atom stereocenters. The zero-order valence-electron chi connectivity index (χ0n) is 8.48. The molecule has 4 nitrogen and oxygen atoms in total. The van der Waals surface area contributed by atoms with Crippen LogP contribution < -0.4 is 5.73 Å². The van der Waals surface area contributed by atoms with Crippen LogP contribution in [0.25, 0.3) is 11.5 Å².